The molecule has 0 spiro atoms. The molecule has 1 heterocycles. The van der Waals surface area contributed by atoms with Crippen molar-refractivity contribution < 1.29 is 0 Å². The monoisotopic (exact) mass is 301 g/mol. The van der Waals surface area contributed by atoms with Crippen molar-refractivity contribution in [3.05, 3.63) is 53.1 Å². The molecule has 1 aliphatic heterocycles. The molecule has 1 fully saturated rings. The number of nitrogens with two attached hydrogens (primary N) is 1. The van der Waals surface area contributed by atoms with Gasteiger partial charge in [0.2, 0.25) is 0 Å². The highest BCUT2D eigenvalue weighted by Crippen LogP contribution is 2.24. The third-order valence-electron chi connectivity index (χ3n) is 4.09. The molecule has 3 rings (SSSR count). The maximum absolute atomic E-state index is 5.94. The zero-order valence-corrected chi connectivity index (χ0v) is 13.0. The molecule has 0 bridgehead atoms. The van der Waals surface area contributed by atoms with Crippen molar-refractivity contribution in [3.63, 3.8) is 0 Å². The van der Waals surface area contributed by atoms with Crippen LogP contribution in [0.3, 0.4) is 0 Å². The topological polar surface area (TPSA) is 32.5 Å². The van der Waals surface area contributed by atoms with Gasteiger partial charge in [-0.25, -0.2) is 0 Å². The van der Waals surface area contributed by atoms with E-state index in [1.165, 1.54) is 11.4 Å². The lowest BCUT2D eigenvalue weighted by molar-refractivity contribution is 0.653. The van der Waals surface area contributed by atoms with E-state index in [9.17, 15) is 0 Å². The summed E-state index contributed by atoms with van der Waals surface area (Å²) in [5.74, 6) is 0. The van der Waals surface area contributed by atoms with E-state index in [0.29, 0.717) is 0 Å². The predicted molar refractivity (Wildman–Crippen MR) is 91.5 cm³/mol. The van der Waals surface area contributed by atoms with Gasteiger partial charge in [0.25, 0.3) is 0 Å². The maximum atomic E-state index is 5.94. The summed E-state index contributed by atoms with van der Waals surface area (Å²) in [5, 5.41) is 0.787. The van der Waals surface area contributed by atoms with Gasteiger partial charge in [0, 0.05) is 48.3 Å². The van der Waals surface area contributed by atoms with Gasteiger partial charge in [0.05, 0.1) is 0 Å². The number of hydrogen-bond acceptors (Lipinski definition) is 3. The highest BCUT2D eigenvalue weighted by atomic mass is 35.5. The fraction of sp³-hybridized carbons (Fsp3) is 0.294. The van der Waals surface area contributed by atoms with Gasteiger partial charge in [-0.15, -0.1) is 0 Å². The molecule has 2 aromatic carbocycles. The average molecular weight is 302 g/mol. The average Bonchev–Trinajstić information content (AvgIpc) is 2.51. The van der Waals surface area contributed by atoms with Crippen LogP contribution in [0.2, 0.25) is 5.02 Å². The van der Waals surface area contributed by atoms with Crippen LogP contribution in [0, 0.1) is 6.92 Å². The number of halogens is 1. The number of nitrogens with zero attached hydrogens (tertiary/aromatic N) is 2. The highest BCUT2D eigenvalue weighted by molar-refractivity contribution is 6.30. The molecule has 0 unspecified atom stereocenters. The number of benzene rings is 2. The van der Waals surface area contributed by atoms with E-state index in [4.69, 9.17) is 17.3 Å². The minimum absolute atomic E-state index is 0.787. The Labute approximate surface area is 130 Å². The minimum atomic E-state index is 0.787. The largest absolute Gasteiger partial charge is 0.399 e. The van der Waals surface area contributed by atoms with Crippen LogP contribution in [-0.2, 0) is 0 Å². The normalized spacial score (nSPS) is 15.3. The molecule has 21 heavy (non-hydrogen) atoms. The molecule has 0 radical (unpaired) electrons. The second kappa shape index (κ2) is 5.86. The van der Waals surface area contributed by atoms with E-state index in [1.54, 1.807) is 0 Å². The summed E-state index contributed by atoms with van der Waals surface area (Å²) in [7, 11) is 0. The van der Waals surface area contributed by atoms with Crippen molar-refractivity contribution in [2.45, 2.75) is 6.92 Å². The Morgan fingerprint density at radius 1 is 0.857 bits per heavy atom. The molecule has 1 aliphatic rings. The van der Waals surface area contributed by atoms with Gasteiger partial charge in [0.15, 0.2) is 0 Å². The molecular formula is C17H20ClN3. The van der Waals surface area contributed by atoms with E-state index in [2.05, 4.69) is 41.0 Å². The van der Waals surface area contributed by atoms with Gasteiger partial charge in [-0.3, -0.25) is 0 Å². The Bertz CT molecular complexity index is 616. The first-order chi connectivity index (χ1) is 10.1. The van der Waals surface area contributed by atoms with Crippen LogP contribution in [0.15, 0.2) is 42.5 Å². The smallest absolute Gasteiger partial charge is 0.0407 e. The van der Waals surface area contributed by atoms with Crippen LogP contribution in [0.4, 0.5) is 17.1 Å². The molecule has 0 aromatic heterocycles. The van der Waals surface area contributed by atoms with Crippen molar-refractivity contribution in [1.82, 2.24) is 0 Å². The number of hydrogen-bond donors (Lipinski definition) is 1. The standard InChI is InChI=1S/C17H20ClN3/c1-13-12-16(6-7-17(13)19)21-10-8-20(9-11-21)15-4-2-14(18)3-5-15/h2-7,12H,8-11,19H2,1H3. The summed E-state index contributed by atoms with van der Waals surface area (Å²) in [5.41, 5.74) is 10.4. The van der Waals surface area contributed by atoms with Gasteiger partial charge < -0.3 is 15.5 Å². The Morgan fingerprint density at radius 2 is 1.38 bits per heavy atom. The summed E-state index contributed by atoms with van der Waals surface area (Å²) >= 11 is 5.94. The van der Waals surface area contributed by atoms with Crippen molar-refractivity contribution in [2.24, 2.45) is 0 Å². The van der Waals surface area contributed by atoms with Crippen LogP contribution < -0.4 is 15.5 Å². The van der Waals surface area contributed by atoms with E-state index in [1.807, 2.05) is 18.2 Å². The number of nitrogen functional groups attached to an aromatic ring is 1. The van der Waals surface area contributed by atoms with Crippen molar-refractivity contribution in [3.8, 4) is 0 Å². The second-order valence-corrected chi connectivity index (χ2v) is 5.93. The first kappa shape index (κ1) is 14.1. The lowest BCUT2D eigenvalue weighted by Crippen LogP contribution is -2.46. The van der Waals surface area contributed by atoms with Crippen LogP contribution in [-0.4, -0.2) is 26.2 Å². The van der Waals surface area contributed by atoms with Crippen LogP contribution in [0.5, 0.6) is 0 Å². The zero-order chi connectivity index (χ0) is 14.8. The van der Waals surface area contributed by atoms with Crippen LogP contribution >= 0.6 is 11.6 Å². The SMILES string of the molecule is Cc1cc(N2CCN(c3ccc(Cl)cc3)CC2)ccc1N. The molecule has 3 nitrogen and oxygen atoms in total. The molecule has 4 heteroatoms. The lowest BCUT2D eigenvalue weighted by atomic mass is 10.1. The molecule has 0 amide bonds. The summed E-state index contributed by atoms with van der Waals surface area (Å²) in [6.45, 7) is 6.14. The second-order valence-electron chi connectivity index (χ2n) is 5.49. The van der Waals surface area contributed by atoms with Crippen LogP contribution in [0.1, 0.15) is 5.56 Å². The molecule has 0 saturated carbocycles. The Balaban J connectivity index is 1.67. The Hall–Kier alpha value is -1.87. The van der Waals surface area contributed by atoms with Crippen molar-refractivity contribution >= 4 is 28.7 Å². The van der Waals surface area contributed by atoms with E-state index < -0.39 is 0 Å². The quantitative estimate of drug-likeness (QED) is 0.861. The molecule has 0 aliphatic carbocycles. The predicted octanol–water partition coefficient (Wildman–Crippen LogP) is 3.56. The Kier molecular flexibility index (Phi) is 3.93. The van der Waals surface area contributed by atoms with Gasteiger partial charge in [-0.05, 0) is 55.0 Å². The molecule has 2 aromatic rings. The van der Waals surface area contributed by atoms with Crippen LogP contribution in [0.25, 0.3) is 0 Å². The van der Waals surface area contributed by atoms with Gasteiger partial charge in [-0.2, -0.15) is 0 Å². The van der Waals surface area contributed by atoms with E-state index >= 15 is 0 Å². The number of piperazine rings is 1. The van der Waals surface area contributed by atoms with Crippen molar-refractivity contribution in [1.29, 1.82) is 0 Å². The van der Waals surface area contributed by atoms with Crippen molar-refractivity contribution in [2.75, 3.05) is 41.7 Å². The maximum Gasteiger partial charge on any atom is 0.0407 e. The summed E-state index contributed by atoms with van der Waals surface area (Å²) in [6, 6.07) is 14.4. The first-order valence-electron chi connectivity index (χ1n) is 7.25. The van der Waals surface area contributed by atoms with E-state index in [0.717, 1.165) is 42.5 Å². The molecular weight excluding hydrogens is 282 g/mol. The third-order valence-corrected chi connectivity index (χ3v) is 4.34. The number of anilines is 3. The fourth-order valence-corrected chi connectivity index (χ4v) is 2.86. The zero-order valence-electron chi connectivity index (χ0n) is 12.2. The minimum Gasteiger partial charge on any atom is -0.399 e. The third kappa shape index (κ3) is 3.08. The molecule has 0 atom stereocenters. The molecule has 1 saturated heterocycles. The highest BCUT2D eigenvalue weighted by Gasteiger charge is 2.17. The van der Waals surface area contributed by atoms with Gasteiger partial charge >= 0.3 is 0 Å². The number of rotatable bonds is 2. The van der Waals surface area contributed by atoms with Gasteiger partial charge in [0.1, 0.15) is 0 Å². The molecule has 2 N–H and O–H groups in total. The molecule has 110 valence electrons. The van der Waals surface area contributed by atoms with Gasteiger partial charge in [-0.1, -0.05) is 11.6 Å². The summed E-state index contributed by atoms with van der Waals surface area (Å²) < 4.78 is 0. The lowest BCUT2D eigenvalue weighted by Gasteiger charge is -2.37. The summed E-state index contributed by atoms with van der Waals surface area (Å²) in [4.78, 5) is 4.82. The first-order valence-corrected chi connectivity index (χ1v) is 7.63. The van der Waals surface area contributed by atoms with E-state index in [-0.39, 0.29) is 0 Å². The Morgan fingerprint density at radius 3 is 1.95 bits per heavy atom. The summed E-state index contributed by atoms with van der Waals surface area (Å²) in [6.07, 6.45) is 0. The fourth-order valence-electron chi connectivity index (χ4n) is 2.73. The number of aryl methyl sites for hydroxylation is 1.